The predicted octanol–water partition coefficient (Wildman–Crippen LogP) is 3.93. The zero-order chi connectivity index (χ0) is 23.6. The molecule has 1 aromatic heterocycles. The highest BCUT2D eigenvalue weighted by Crippen LogP contribution is 2.26. The maximum absolute atomic E-state index is 12.3. The first-order chi connectivity index (χ1) is 16.0. The highest BCUT2D eigenvalue weighted by molar-refractivity contribution is 14.1. The van der Waals surface area contributed by atoms with Crippen LogP contribution in [0.3, 0.4) is 0 Å². The number of benzene rings is 2. The molecule has 8 nitrogen and oxygen atoms in total. The molecule has 2 amide bonds. The summed E-state index contributed by atoms with van der Waals surface area (Å²) in [6.45, 7) is 7.34. The SMILES string of the molecule is CCN(CC)CCNC(=O)/C=C\C(=O)Nc1ccc2ncnc(Nc3cccc(I)c3)c2c1. The van der Waals surface area contributed by atoms with Crippen LogP contribution in [-0.4, -0.2) is 52.9 Å². The molecule has 0 bridgehead atoms. The predicted molar refractivity (Wildman–Crippen MR) is 141 cm³/mol. The first kappa shape index (κ1) is 24.6. The van der Waals surface area contributed by atoms with Gasteiger partial charge in [0.2, 0.25) is 11.8 Å². The van der Waals surface area contributed by atoms with E-state index < -0.39 is 5.91 Å². The summed E-state index contributed by atoms with van der Waals surface area (Å²) < 4.78 is 1.10. The number of nitrogens with zero attached hydrogens (tertiary/aromatic N) is 3. The Kier molecular flexibility index (Phi) is 9.14. The molecule has 0 spiro atoms. The lowest BCUT2D eigenvalue weighted by Crippen LogP contribution is -2.34. The van der Waals surface area contributed by atoms with E-state index in [0.29, 0.717) is 18.1 Å². The van der Waals surface area contributed by atoms with E-state index in [-0.39, 0.29) is 5.91 Å². The lowest BCUT2D eigenvalue weighted by molar-refractivity contribution is -0.117. The third-order valence-electron chi connectivity index (χ3n) is 5.00. The van der Waals surface area contributed by atoms with Crippen molar-refractivity contribution in [2.75, 3.05) is 36.8 Å². The Bertz CT molecular complexity index is 1150. The van der Waals surface area contributed by atoms with Crippen molar-refractivity contribution in [1.29, 1.82) is 0 Å². The van der Waals surface area contributed by atoms with Crippen molar-refractivity contribution < 1.29 is 9.59 Å². The summed E-state index contributed by atoms with van der Waals surface area (Å²) >= 11 is 2.25. The number of anilines is 3. The molecular formula is C24H27IN6O2. The van der Waals surface area contributed by atoms with Gasteiger partial charge in [-0.25, -0.2) is 9.97 Å². The van der Waals surface area contributed by atoms with Crippen molar-refractivity contribution in [2.45, 2.75) is 13.8 Å². The molecule has 3 rings (SSSR count). The fourth-order valence-corrected chi connectivity index (χ4v) is 3.75. The van der Waals surface area contributed by atoms with Crippen LogP contribution in [0, 0.1) is 3.57 Å². The summed E-state index contributed by atoms with van der Waals surface area (Å²) in [4.78, 5) is 35.1. The van der Waals surface area contributed by atoms with Gasteiger partial charge >= 0.3 is 0 Å². The molecule has 172 valence electrons. The van der Waals surface area contributed by atoms with Gasteiger partial charge in [-0.15, -0.1) is 0 Å². The molecule has 2 aromatic carbocycles. The number of fused-ring (bicyclic) bond motifs is 1. The Hall–Kier alpha value is -3.05. The second-order valence-corrected chi connectivity index (χ2v) is 8.48. The molecule has 0 radical (unpaired) electrons. The number of amides is 2. The van der Waals surface area contributed by atoms with E-state index in [4.69, 9.17) is 0 Å². The fourth-order valence-electron chi connectivity index (χ4n) is 3.21. The average Bonchev–Trinajstić information content (AvgIpc) is 2.81. The zero-order valence-corrected chi connectivity index (χ0v) is 20.8. The first-order valence-corrected chi connectivity index (χ1v) is 11.8. The maximum atomic E-state index is 12.3. The third kappa shape index (κ3) is 7.50. The quantitative estimate of drug-likeness (QED) is 0.258. The Morgan fingerprint density at radius 3 is 2.55 bits per heavy atom. The van der Waals surface area contributed by atoms with Gasteiger partial charge in [0, 0.05) is 45.6 Å². The first-order valence-electron chi connectivity index (χ1n) is 10.7. The highest BCUT2D eigenvalue weighted by atomic mass is 127. The Labute approximate surface area is 207 Å². The Balaban J connectivity index is 1.63. The van der Waals surface area contributed by atoms with Crippen LogP contribution in [0.15, 0.2) is 60.9 Å². The second-order valence-electron chi connectivity index (χ2n) is 7.23. The summed E-state index contributed by atoms with van der Waals surface area (Å²) in [6, 6.07) is 13.3. The summed E-state index contributed by atoms with van der Waals surface area (Å²) in [7, 11) is 0. The molecule has 3 aromatic rings. The number of hydrogen-bond acceptors (Lipinski definition) is 6. The van der Waals surface area contributed by atoms with Gasteiger partial charge in [0.25, 0.3) is 0 Å². The highest BCUT2D eigenvalue weighted by Gasteiger charge is 2.08. The van der Waals surface area contributed by atoms with Gasteiger partial charge in [0.05, 0.1) is 5.52 Å². The summed E-state index contributed by atoms with van der Waals surface area (Å²) in [6.07, 6.45) is 3.97. The lowest BCUT2D eigenvalue weighted by Gasteiger charge is -2.17. The number of aromatic nitrogens is 2. The van der Waals surface area contributed by atoms with Crippen LogP contribution in [0.25, 0.3) is 10.9 Å². The summed E-state index contributed by atoms with van der Waals surface area (Å²) in [5.41, 5.74) is 2.24. The molecule has 1 heterocycles. The van der Waals surface area contributed by atoms with Crippen molar-refractivity contribution in [1.82, 2.24) is 20.2 Å². The summed E-state index contributed by atoms with van der Waals surface area (Å²) in [5.74, 6) is -0.0494. The molecule has 0 atom stereocenters. The molecule has 0 aliphatic carbocycles. The van der Waals surface area contributed by atoms with Gasteiger partial charge in [-0.05, 0) is 72.1 Å². The minimum absolute atomic E-state index is 0.298. The molecule has 0 aliphatic heterocycles. The van der Waals surface area contributed by atoms with Crippen LogP contribution in [0.1, 0.15) is 13.8 Å². The van der Waals surface area contributed by atoms with Crippen LogP contribution in [0.4, 0.5) is 17.2 Å². The minimum Gasteiger partial charge on any atom is -0.351 e. The van der Waals surface area contributed by atoms with E-state index in [0.717, 1.165) is 39.8 Å². The molecule has 9 heteroatoms. The van der Waals surface area contributed by atoms with E-state index in [2.05, 4.69) is 67.3 Å². The minimum atomic E-state index is -0.391. The monoisotopic (exact) mass is 558 g/mol. The molecule has 0 fully saturated rings. The molecule has 0 unspecified atom stereocenters. The van der Waals surface area contributed by atoms with E-state index in [1.807, 2.05) is 36.4 Å². The van der Waals surface area contributed by atoms with Gasteiger partial charge in [-0.2, -0.15) is 0 Å². The fraction of sp³-hybridized carbons (Fsp3) is 0.250. The molecule has 0 aliphatic rings. The average molecular weight is 558 g/mol. The van der Waals surface area contributed by atoms with E-state index in [1.54, 1.807) is 6.07 Å². The van der Waals surface area contributed by atoms with E-state index >= 15 is 0 Å². The largest absolute Gasteiger partial charge is 0.351 e. The van der Waals surface area contributed by atoms with Gasteiger partial charge in [0.1, 0.15) is 12.1 Å². The normalized spacial score (nSPS) is 11.2. The standard InChI is InChI=1S/C24H27IN6O2/c1-3-31(4-2)13-12-26-22(32)10-11-23(33)29-19-8-9-21-20(15-19)24(28-16-27-21)30-18-7-5-6-17(25)14-18/h5-11,14-16H,3-4,12-13H2,1-2H3,(H,26,32)(H,29,33)(H,27,28,30)/b11-10-. The van der Waals surface area contributed by atoms with Crippen molar-refractivity contribution in [3.05, 3.63) is 64.5 Å². The number of carbonyl (C=O) groups is 2. The van der Waals surface area contributed by atoms with E-state index in [1.165, 1.54) is 18.5 Å². The molecule has 0 saturated carbocycles. The molecule has 33 heavy (non-hydrogen) atoms. The molecule has 3 N–H and O–H groups in total. The zero-order valence-electron chi connectivity index (χ0n) is 18.6. The van der Waals surface area contributed by atoms with Crippen LogP contribution in [0.2, 0.25) is 0 Å². The van der Waals surface area contributed by atoms with Gasteiger partial charge < -0.3 is 20.9 Å². The Morgan fingerprint density at radius 1 is 1.00 bits per heavy atom. The van der Waals surface area contributed by atoms with Crippen molar-refractivity contribution in [2.24, 2.45) is 0 Å². The van der Waals surface area contributed by atoms with Crippen LogP contribution >= 0.6 is 22.6 Å². The van der Waals surface area contributed by atoms with Crippen molar-refractivity contribution in [3.8, 4) is 0 Å². The second kappa shape index (κ2) is 12.3. The topological polar surface area (TPSA) is 99.3 Å². The number of nitrogens with one attached hydrogen (secondary N) is 3. The van der Waals surface area contributed by atoms with Crippen LogP contribution in [-0.2, 0) is 9.59 Å². The van der Waals surface area contributed by atoms with Gasteiger partial charge in [0.15, 0.2) is 0 Å². The summed E-state index contributed by atoms with van der Waals surface area (Å²) in [5, 5.41) is 9.65. The maximum Gasteiger partial charge on any atom is 0.248 e. The number of halogens is 1. The van der Waals surface area contributed by atoms with Crippen molar-refractivity contribution >= 4 is 62.5 Å². The van der Waals surface area contributed by atoms with Crippen molar-refractivity contribution in [3.63, 3.8) is 0 Å². The number of carbonyl (C=O) groups excluding carboxylic acids is 2. The number of likely N-dealkylation sites (N-methyl/N-ethyl adjacent to an activating group) is 1. The lowest BCUT2D eigenvalue weighted by atomic mass is 10.2. The number of rotatable bonds is 10. The smallest absolute Gasteiger partial charge is 0.248 e. The molecule has 0 saturated heterocycles. The van der Waals surface area contributed by atoms with Gasteiger partial charge in [-0.3, -0.25) is 9.59 Å². The Morgan fingerprint density at radius 2 is 1.79 bits per heavy atom. The van der Waals surface area contributed by atoms with Crippen LogP contribution < -0.4 is 16.0 Å². The van der Waals surface area contributed by atoms with Crippen LogP contribution in [0.5, 0.6) is 0 Å². The molecular weight excluding hydrogens is 531 g/mol. The number of hydrogen-bond donors (Lipinski definition) is 3. The van der Waals surface area contributed by atoms with Gasteiger partial charge in [-0.1, -0.05) is 19.9 Å². The third-order valence-corrected chi connectivity index (χ3v) is 5.67. The van der Waals surface area contributed by atoms with E-state index in [9.17, 15) is 9.59 Å².